The summed E-state index contributed by atoms with van der Waals surface area (Å²) in [6.07, 6.45) is 0. The van der Waals surface area contributed by atoms with Crippen LogP contribution < -0.4 is 5.73 Å². The highest BCUT2D eigenvalue weighted by Gasteiger charge is 2.21. The molecule has 0 aromatic carbocycles. The van der Waals surface area contributed by atoms with Crippen molar-refractivity contribution in [2.75, 3.05) is 13.7 Å². The summed E-state index contributed by atoms with van der Waals surface area (Å²) in [6.45, 7) is 2.25. The molecule has 4 heteroatoms. The third kappa shape index (κ3) is 1.30. The van der Waals surface area contributed by atoms with E-state index in [1.807, 2.05) is 0 Å². The number of nitrogens with zero attached hydrogens (tertiary/aromatic N) is 1. The van der Waals surface area contributed by atoms with Crippen LogP contribution in [-0.4, -0.2) is 25.3 Å². The summed E-state index contributed by atoms with van der Waals surface area (Å²) in [5, 5.41) is 0. The zero-order valence-electron chi connectivity index (χ0n) is 6.55. The van der Waals surface area contributed by atoms with Gasteiger partial charge < -0.3 is 10.5 Å². The molecule has 1 aliphatic rings. The number of ether oxygens (including phenoxy) is 1. The zero-order chi connectivity index (χ0) is 8.43. The fourth-order valence-electron chi connectivity index (χ4n) is 0.904. The Labute approximate surface area is 64.7 Å². The molecule has 1 aliphatic heterocycles. The predicted molar refractivity (Wildman–Crippen MR) is 41.2 cm³/mol. The number of amides is 1. The highest BCUT2D eigenvalue weighted by atomic mass is 16.5. The summed E-state index contributed by atoms with van der Waals surface area (Å²) >= 11 is 0. The average Bonchev–Trinajstić information content (AvgIpc) is 1.95. The Morgan fingerprint density at radius 1 is 1.73 bits per heavy atom. The number of methoxy groups -OCH3 is 1. The highest BCUT2D eigenvalue weighted by molar-refractivity contribution is 6.15. The fourth-order valence-corrected chi connectivity index (χ4v) is 0.904. The Bertz CT molecular complexity index is 253. The van der Waals surface area contributed by atoms with E-state index in [4.69, 9.17) is 10.5 Å². The third-order valence-corrected chi connectivity index (χ3v) is 1.55. The van der Waals surface area contributed by atoms with Gasteiger partial charge in [0, 0.05) is 12.7 Å². The van der Waals surface area contributed by atoms with E-state index in [2.05, 4.69) is 4.99 Å². The average molecular weight is 154 g/mol. The van der Waals surface area contributed by atoms with Crippen molar-refractivity contribution in [3.63, 3.8) is 0 Å². The van der Waals surface area contributed by atoms with E-state index in [0.717, 1.165) is 11.3 Å². The van der Waals surface area contributed by atoms with E-state index >= 15 is 0 Å². The van der Waals surface area contributed by atoms with Crippen molar-refractivity contribution >= 4 is 11.6 Å². The summed E-state index contributed by atoms with van der Waals surface area (Å²) in [5.41, 5.74) is 7.03. The number of aliphatic imine (C=N–C) groups is 1. The van der Waals surface area contributed by atoms with Crippen LogP contribution in [0.4, 0.5) is 0 Å². The molecule has 0 spiro atoms. The van der Waals surface area contributed by atoms with E-state index < -0.39 is 5.91 Å². The molecular weight excluding hydrogens is 144 g/mol. The van der Waals surface area contributed by atoms with Crippen molar-refractivity contribution < 1.29 is 9.53 Å². The van der Waals surface area contributed by atoms with Gasteiger partial charge >= 0.3 is 0 Å². The van der Waals surface area contributed by atoms with Gasteiger partial charge in [0.1, 0.15) is 5.70 Å². The first kappa shape index (κ1) is 7.94. The normalized spacial score (nSPS) is 16.0. The van der Waals surface area contributed by atoms with Gasteiger partial charge in [0.05, 0.1) is 12.3 Å². The Kier molecular flexibility index (Phi) is 2.05. The lowest BCUT2D eigenvalue weighted by Crippen LogP contribution is -2.26. The first-order valence-corrected chi connectivity index (χ1v) is 3.24. The van der Waals surface area contributed by atoms with Gasteiger partial charge in [-0.3, -0.25) is 4.79 Å². The lowest BCUT2D eigenvalue weighted by Gasteiger charge is -2.16. The quantitative estimate of drug-likeness (QED) is 0.614. The van der Waals surface area contributed by atoms with Crippen LogP contribution in [0.15, 0.2) is 16.3 Å². The van der Waals surface area contributed by atoms with Crippen molar-refractivity contribution in [1.29, 1.82) is 0 Å². The molecule has 11 heavy (non-hydrogen) atoms. The number of primary amides is 1. The zero-order valence-corrected chi connectivity index (χ0v) is 6.55. The minimum atomic E-state index is -0.470. The molecule has 0 aromatic rings. The van der Waals surface area contributed by atoms with Crippen LogP contribution in [0, 0.1) is 0 Å². The molecule has 0 fully saturated rings. The van der Waals surface area contributed by atoms with E-state index in [9.17, 15) is 4.79 Å². The SMILES string of the molecule is COCC1=NC(C(N)=O)=C1C. The summed E-state index contributed by atoms with van der Waals surface area (Å²) < 4.78 is 4.83. The van der Waals surface area contributed by atoms with Gasteiger partial charge in [-0.15, -0.1) is 0 Å². The fraction of sp³-hybridized carbons (Fsp3) is 0.429. The highest BCUT2D eigenvalue weighted by Crippen LogP contribution is 2.18. The molecule has 0 aliphatic carbocycles. The van der Waals surface area contributed by atoms with Gasteiger partial charge in [0.25, 0.3) is 5.91 Å². The molecule has 0 unspecified atom stereocenters. The van der Waals surface area contributed by atoms with Crippen LogP contribution in [0.25, 0.3) is 0 Å². The number of hydrogen-bond donors (Lipinski definition) is 1. The van der Waals surface area contributed by atoms with Crippen LogP contribution >= 0.6 is 0 Å². The number of hydrogen-bond acceptors (Lipinski definition) is 3. The Morgan fingerprint density at radius 3 is 2.73 bits per heavy atom. The number of rotatable bonds is 3. The Hall–Kier alpha value is -1.16. The number of carbonyl (C=O) groups is 1. The van der Waals surface area contributed by atoms with Crippen molar-refractivity contribution in [2.45, 2.75) is 6.92 Å². The van der Waals surface area contributed by atoms with Gasteiger partial charge in [-0.05, 0) is 6.92 Å². The van der Waals surface area contributed by atoms with E-state index in [1.54, 1.807) is 14.0 Å². The first-order chi connectivity index (χ1) is 5.16. The summed E-state index contributed by atoms with van der Waals surface area (Å²) in [6, 6.07) is 0. The molecular formula is C7H10N2O2. The second-order valence-corrected chi connectivity index (χ2v) is 2.33. The molecule has 0 saturated heterocycles. The van der Waals surface area contributed by atoms with Crippen LogP contribution in [0.1, 0.15) is 6.92 Å². The smallest absolute Gasteiger partial charge is 0.267 e. The maximum Gasteiger partial charge on any atom is 0.267 e. The minimum absolute atomic E-state index is 0.372. The lowest BCUT2D eigenvalue weighted by atomic mass is 10.0. The molecule has 1 heterocycles. The molecule has 2 N–H and O–H groups in total. The van der Waals surface area contributed by atoms with E-state index in [0.29, 0.717) is 12.3 Å². The van der Waals surface area contributed by atoms with Crippen molar-refractivity contribution in [2.24, 2.45) is 10.7 Å². The molecule has 0 saturated carbocycles. The molecule has 1 amide bonds. The molecule has 0 aromatic heterocycles. The van der Waals surface area contributed by atoms with Crippen molar-refractivity contribution in [3.05, 3.63) is 11.3 Å². The van der Waals surface area contributed by atoms with E-state index in [-0.39, 0.29) is 0 Å². The number of carbonyl (C=O) groups excluding carboxylic acids is 1. The summed E-state index contributed by atoms with van der Waals surface area (Å²) in [5.74, 6) is -0.470. The van der Waals surface area contributed by atoms with E-state index in [1.165, 1.54) is 0 Å². The molecule has 4 nitrogen and oxygen atoms in total. The predicted octanol–water partition coefficient (Wildman–Crippen LogP) is -0.153. The standard InChI is InChI=1S/C7H10N2O2/c1-4-5(3-11-2)9-6(4)7(8)10/h3H2,1-2H3,(H2,8,10). The second-order valence-electron chi connectivity index (χ2n) is 2.33. The van der Waals surface area contributed by atoms with Crippen molar-refractivity contribution in [1.82, 2.24) is 0 Å². The maximum absolute atomic E-state index is 10.6. The summed E-state index contributed by atoms with van der Waals surface area (Å²) in [4.78, 5) is 14.4. The Morgan fingerprint density at radius 2 is 2.36 bits per heavy atom. The van der Waals surface area contributed by atoms with Gasteiger partial charge in [0.2, 0.25) is 0 Å². The summed E-state index contributed by atoms with van der Waals surface area (Å²) in [7, 11) is 1.58. The minimum Gasteiger partial charge on any atom is -0.378 e. The third-order valence-electron chi connectivity index (χ3n) is 1.55. The Balaban J connectivity index is 2.60. The van der Waals surface area contributed by atoms with Crippen LogP contribution in [0.5, 0.6) is 0 Å². The molecule has 1 rings (SSSR count). The molecule has 0 bridgehead atoms. The van der Waals surface area contributed by atoms with Gasteiger partial charge in [-0.25, -0.2) is 4.99 Å². The van der Waals surface area contributed by atoms with Gasteiger partial charge in [-0.1, -0.05) is 0 Å². The molecule has 0 radical (unpaired) electrons. The maximum atomic E-state index is 10.6. The van der Waals surface area contributed by atoms with Gasteiger partial charge in [0.15, 0.2) is 0 Å². The topological polar surface area (TPSA) is 64.7 Å². The van der Waals surface area contributed by atoms with Crippen LogP contribution in [0.3, 0.4) is 0 Å². The first-order valence-electron chi connectivity index (χ1n) is 3.24. The molecule has 0 atom stereocenters. The lowest BCUT2D eigenvalue weighted by molar-refractivity contribution is -0.114. The second kappa shape index (κ2) is 2.84. The largest absolute Gasteiger partial charge is 0.378 e. The monoisotopic (exact) mass is 154 g/mol. The van der Waals surface area contributed by atoms with Gasteiger partial charge in [-0.2, -0.15) is 0 Å². The van der Waals surface area contributed by atoms with Crippen molar-refractivity contribution in [3.8, 4) is 0 Å². The number of nitrogens with two attached hydrogens (primary N) is 1. The molecule has 60 valence electrons. The van der Waals surface area contributed by atoms with Crippen LogP contribution in [0.2, 0.25) is 0 Å². The van der Waals surface area contributed by atoms with Crippen LogP contribution in [-0.2, 0) is 9.53 Å².